The highest BCUT2D eigenvalue weighted by Crippen LogP contribution is 2.22. The molecule has 3 heteroatoms. The molecule has 1 amide bonds. The lowest BCUT2D eigenvalue weighted by Crippen LogP contribution is -2.48. The van der Waals surface area contributed by atoms with Gasteiger partial charge in [-0.15, -0.1) is 0 Å². The Balaban J connectivity index is 2.57. The zero-order valence-corrected chi connectivity index (χ0v) is 7.92. The molecule has 70 valence electrons. The van der Waals surface area contributed by atoms with Crippen LogP contribution >= 0.6 is 0 Å². The molecule has 2 unspecified atom stereocenters. The van der Waals surface area contributed by atoms with Crippen molar-refractivity contribution in [1.29, 1.82) is 0 Å². The molecule has 0 radical (unpaired) electrons. The third kappa shape index (κ3) is 1.78. The molecule has 0 aromatic rings. The third-order valence-electron chi connectivity index (χ3n) is 2.87. The molecule has 0 bridgehead atoms. The van der Waals surface area contributed by atoms with Crippen LogP contribution in [0.15, 0.2) is 0 Å². The lowest BCUT2D eigenvalue weighted by Gasteiger charge is -2.37. The van der Waals surface area contributed by atoms with Crippen LogP contribution in [-0.4, -0.2) is 29.9 Å². The topological polar surface area (TPSA) is 46.3 Å². The molecule has 0 saturated carbocycles. The normalized spacial score (nSPS) is 30.4. The summed E-state index contributed by atoms with van der Waals surface area (Å²) >= 11 is 0. The molecule has 1 fully saturated rings. The maximum atomic E-state index is 11.3. The van der Waals surface area contributed by atoms with E-state index in [0.29, 0.717) is 12.0 Å². The number of hydrogen-bond acceptors (Lipinski definition) is 2. The molecule has 1 saturated heterocycles. The first-order valence-electron chi connectivity index (χ1n) is 4.66. The summed E-state index contributed by atoms with van der Waals surface area (Å²) in [5, 5.41) is 0. The predicted molar refractivity (Wildman–Crippen MR) is 48.6 cm³/mol. The standard InChI is InChI=1S/C9H18N2O/c1-7-4-3-5-11(8(7)2)9(12)6-10/h7-8H,3-6,10H2,1-2H3. The molecule has 0 aromatic carbocycles. The lowest BCUT2D eigenvalue weighted by molar-refractivity contribution is -0.134. The van der Waals surface area contributed by atoms with Gasteiger partial charge in [0.05, 0.1) is 6.54 Å². The number of likely N-dealkylation sites (tertiary alicyclic amines) is 1. The summed E-state index contributed by atoms with van der Waals surface area (Å²) in [6.07, 6.45) is 2.35. The van der Waals surface area contributed by atoms with E-state index in [0.717, 1.165) is 13.0 Å². The molecular weight excluding hydrogens is 152 g/mol. The first-order chi connectivity index (χ1) is 5.66. The van der Waals surface area contributed by atoms with Crippen molar-refractivity contribution in [2.24, 2.45) is 11.7 Å². The molecule has 2 atom stereocenters. The van der Waals surface area contributed by atoms with Gasteiger partial charge in [0.25, 0.3) is 0 Å². The lowest BCUT2D eigenvalue weighted by atomic mass is 9.92. The van der Waals surface area contributed by atoms with Gasteiger partial charge in [0, 0.05) is 12.6 Å². The summed E-state index contributed by atoms with van der Waals surface area (Å²) in [6.45, 7) is 5.34. The van der Waals surface area contributed by atoms with E-state index in [1.807, 2.05) is 4.90 Å². The molecule has 1 aliphatic heterocycles. The fourth-order valence-corrected chi connectivity index (χ4v) is 1.80. The Kier molecular flexibility index (Phi) is 3.09. The van der Waals surface area contributed by atoms with Crippen molar-refractivity contribution < 1.29 is 4.79 Å². The van der Waals surface area contributed by atoms with Gasteiger partial charge in [-0.25, -0.2) is 0 Å². The van der Waals surface area contributed by atoms with Crippen LogP contribution < -0.4 is 5.73 Å². The molecular formula is C9H18N2O. The number of amides is 1. The second-order valence-electron chi connectivity index (χ2n) is 3.65. The van der Waals surface area contributed by atoms with E-state index in [1.54, 1.807) is 0 Å². The van der Waals surface area contributed by atoms with Gasteiger partial charge in [-0.2, -0.15) is 0 Å². The van der Waals surface area contributed by atoms with Gasteiger partial charge in [0.2, 0.25) is 5.91 Å². The minimum absolute atomic E-state index is 0.0917. The molecule has 0 spiro atoms. The van der Waals surface area contributed by atoms with Crippen LogP contribution in [0.3, 0.4) is 0 Å². The summed E-state index contributed by atoms with van der Waals surface area (Å²) in [5.74, 6) is 0.711. The smallest absolute Gasteiger partial charge is 0.236 e. The van der Waals surface area contributed by atoms with Crippen molar-refractivity contribution in [3.63, 3.8) is 0 Å². The largest absolute Gasteiger partial charge is 0.339 e. The number of rotatable bonds is 1. The first kappa shape index (κ1) is 9.52. The molecule has 1 heterocycles. The first-order valence-corrected chi connectivity index (χ1v) is 4.66. The average molecular weight is 170 g/mol. The van der Waals surface area contributed by atoms with Gasteiger partial charge in [0.1, 0.15) is 0 Å². The van der Waals surface area contributed by atoms with Gasteiger partial charge in [-0.1, -0.05) is 6.92 Å². The zero-order chi connectivity index (χ0) is 9.14. The highest BCUT2D eigenvalue weighted by Gasteiger charge is 2.27. The van der Waals surface area contributed by atoms with Crippen molar-refractivity contribution in [3.8, 4) is 0 Å². The predicted octanol–water partition coefficient (Wildman–Crippen LogP) is 0.592. The van der Waals surface area contributed by atoms with Crippen molar-refractivity contribution >= 4 is 5.91 Å². The third-order valence-corrected chi connectivity index (χ3v) is 2.87. The monoisotopic (exact) mass is 170 g/mol. The fraction of sp³-hybridized carbons (Fsp3) is 0.889. The van der Waals surface area contributed by atoms with Crippen LogP contribution in [0.5, 0.6) is 0 Å². The molecule has 12 heavy (non-hydrogen) atoms. The van der Waals surface area contributed by atoms with Gasteiger partial charge < -0.3 is 10.6 Å². The van der Waals surface area contributed by atoms with Crippen molar-refractivity contribution in [2.45, 2.75) is 32.7 Å². The van der Waals surface area contributed by atoms with Gasteiger partial charge >= 0.3 is 0 Å². The van der Waals surface area contributed by atoms with Crippen LogP contribution in [-0.2, 0) is 4.79 Å². The Labute approximate surface area is 73.9 Å². The van der Waals surface area contributed by atoms with Crippen molar-refractivity contribution in [2.75, 3.05) is 13.1 Å². The molecule has 2 N–H and O–H groups in total. The van der Waals surface area contributed by atoms with Crippen molar-refractivity contribution in [3.05, 3.63) is 0 Å². The summed E-state index contributed by atoms with van der Waals surface area (Å²) in [5.41, 5.74) is 5.32. The number of carbonyl (C=O) groups is 1. The van der Waals surface area contributed by atoms with E-state index in [9.17, 15) is 4.79 Å². The Morgan fingerprint density at radius 2 is 2.25 bits per heavy atom. The van der Waals surface area contributed by atoms with E-state index in [2.05, 4.69) is 13.8 Å². The number of nitrogens with two attached hydrogens (primary N) is 1. The van der Waals surface area contributed by atoms with Crippen LogP contribution in [0.2, 0.25) is 0 Å². The van der Waals surface area contributed by atoms with Crippen LogP contribution in [0.4, 0.5) is 0 Å². The minimum Gasteiger partial charge on any atom is -0.339 e. The highest BCUT2D eigenvalue weighted by atomic mass is 16.2. The molecule has 1 rings (SSSR count). The second kappa shape index (κ2) is 3.90. The Bertz CT molecular complexity index is 170. The van der Waals surface area contributed by atoms with Crippen molar-refractivity contribution in [1.82, 2.24) is 4.90 Å². The SMILES string of the molecule is CC1CCCN(C(=O)CN)C1C. The summed E-state index contributed by atoms with van der Waals surface area (Å²) in [4.78, 5) is 13.2. The van der Waals surface area contributed by atoms with E-state index >= 15 is 0 Å². The quantitative estimate of drug-likeness (QED) is 0.626. The number of piperidine rings is 1. The van der Waals surface area contributed by atoms with E-state index < -0.39 is 0 Å². The van der Waals surface area contributed by atoms with Crippen LogP contribution in [0.25, 0.3) is 0 Å². The molecule has 3 nitrogen and oxygen atoms in total. The minimum atomic E-state index is 0.0917. The maximum Gasteiger partial charge on any atom is 0.236 e. The average Bonchev–Trinajstić information content (AvgIpc) is 2.08. The number of carbonyl (C=O) groups excluding carboxylic acids is 1. The fourth-order valence-electron chi connectivity index (χ4n) is 1.80. The van der Waals surface area contributed by atoms with Crippen LogP contribution in [0, 0.1) is 5.92 Å². The van der Waals surface area contributed by atoms with Gasteiger partial charge in [-0.3, -0.25) is 4.79 Å². The second-order valence-corrected chi connectivity index (χ2v) is 3.65. The van der Waals surface area contributed by atoms with Gasteiger partial charge in [0.15, 0.2) is 0 Å². The van der Waals surface area contributed by atoms with E-state index in [1.165, 1.54) is 6.42 Å². The Hall–Kier alpha value is -0.570. The molecule has 1 aliphatic rings. The molecule has 0 aromatic heterocycles. The van der Waals surface area contributed by atoms with E-state index in [4.69, 9.17) is 5.73 Å². The summed E-state index contributed by atoms with van der Waals surface area (Å²) < 4.78 is 0. The summed E-state index contributed by atoms with van der Waals surface area (Å²) in [6, 6.07) is 0.370. The zero-order valence-electron chi connectivity index (χ0n) is 7.92. The number of nitrogens with zero attached hydrogens (tertiary/aromatic N) is 1. The summed E-state index contributed by atoms with van der Waals surface area (Å²) in [7, 11) is 0. The Morgan fingerprint density at radius 3 is 2.83 bits per heavy atom. The highest BCUT2D eigenvalue weighted by molar-refractivity contribution is 5.78. The Morgan fingerprint density at radius 1 is 1.58 bits per heavy atom. The maximum absolute atomic E-state index is 11.3. The van der Waals surface area contributed by atoms with Crippen LogP contribution in [0.1, 0.15) is 26.7 Å². The molecule has 0 aliphatic carbocycles. The number of hydrogen-bond donors (Lipinski definition) is 1. The van der Waals surface area contributed by atoms with E-state index in [-0.39, 0.29) is 12.5 Å². The van der Waals surface area contributed by atoms with Gasteiger partial charge in [-0.05, 0) is 25.7 Å².